The Hall–Kier alpha value is -2.47. The molecule has 2 heterocycles. The third kappa shape index (κ3) is 2.77. The molecule has 0 saturated heterocycles. The number of benzene rings is 1. The van der Waals surface area contributed by atoms with Crippen LogP contribution in [0.15, 0.2) is 47.5 Å². The second-order valence-corrected chi connectivity index (χ2v) is 6.22. The van der Waals surface area contributed by atoms with Crippen molar-refractivity contribution < 1.29 is 4.52 Å². The monoisotopic (exact) mass is 309 g/mol. The van der Waals surface area contributed by atoms with E-state index in [1.807, 2.05) is 22.9 Å². The first-order chi connectivity index (χ1) is 11.2. The van der Waals surface area contributed by atoms with E-state index in [0.29, 0.717) is 11.7 Å². The summed E-state index contributed by atoms with van der Waals surface area (Å²) in [5.41, 5.74) is 8.07. The Morgan fingerprint density at radius 1 is 1.17 bits per heavy atom. The maximum Gasteiger partial charge on any atom is 0.257 e. The predicted molar refractivity (Wildman–Crippen MR) is 85.4 cm³/mol. The highest BCUT2D eigenvalue weighted by molar-refractivity contribution is 5.53. The molecule has 6 heteroatoms. The molecule has 0 atom stereocenters. The largest absolute Gasteiger partial charge is 0.334 e. The molecule has 1 aromatic carbocycles. The lowest BCUT2D eigenvalue weighted by Crippen LogP contribution is -2.34. The average Bonchev–Trinajstić information content (AvgIpc) is 3.29. The van der Waals surface area contributed by atoms with Crippen molar-refractivity contribution in [3.8, 4) is 11.5 Å². The summed E-state index contributed by atoms with van der Waals surface area (Å²) < 4.78 is 7.44. The SMILES string of the molecule is NC1(c2noc(-c3ccc(Cn4ccnc4)cc3)n2)CCCC1. The van der Waals surface area contributed by atoms with Gasteiger partial charge in [-0.25, -0.2) is 4.98 Å². The van der Waals surface area contributed by atoms with Gasteiger partial charge in [-0.3, -0.25) is 0 Å². The molecule has 1 saturated carbocycles. The number of nitrogens with zero attached hydrogens (tertiary/aromatic N) is 4. The van der Waals surface area contributed by atoms with Crippen molar-refractivity contribution in [2.45, 2.75) is 37.8 Å². The van der Waals surface area contributed by atoms with Crippen LogP contribution in [0, 0.1) is 0 Å². The maximum atomic E-state index is 6.38. The fraction of sp³-hybridized carbons (Fsp3) is 0.353. The minimum absolute atomic E-state index is 0.414. The molecule has 2 N–H and O–H groups in total. The third-order valence-electron chi connectivity index (χ3n) is 4.49. The highest BCUT2D eigenvalue weighted by Crippen LogP contribution is 2.35. The molecule has 118 valence electrons. The van der Waals surface area contributed by atoms with Gasteiger partial charge in [0, 0.05) is 24.5 Å². The van der Waals surface area contributed by atoms with Crippen molar-refractivity contribution >= 4 is 0 Å². The van der Waals surface area contributed by atoms with E-state index in [2.05, 4.69) is 27.3 Å². The molecule has 23 heavy (non-hydrogen) atoms. The number of imidazole rings is 1. The van der Waals surface area contributed by atoms with Crippen molar-refractivity contribution in [3.05, 3.63) is 54.4 Å². The van der Waals surface area contributed by atoms with Crippen molar-refractivity contribution in [1.29, 1.82) is 0 Å². The van der Waals surface area contributed by atoms with Gasteiger partial charge in [-0.2, -0.15) is 4.98 Å². The lowest BCUT2D eigenvalue weighted by Gasteiger charge is -2.17. The van der Waals surface area contributed by atoms with Gasteiger partial charge in [-0.1, -0.05) is 30.1 Å². The summed E-state index contributed by atoms with van der Waals surface area (Å²) in [4.78, 5) is 8.57. The molecule has 1 fully saturated rings. The number of hydrogen-bond acceptors (Lipinski definition) is 5. The van der Waals surface area contributed by atoms with Crippen LogP contribution in [-0.2, 0) is 12.1 Å². The van der Waals surface area contributed by atoms with E-state index in [1.54, 1.807) is 12.5 Å². The van der Waals surface area contributed by atoms with Crippen molar-refractivity contribution in [2.75, 3.05) is 0 Å². The second kappa shape index (κ2) is 5.62. The van der Waals surface area contributed by atoms with Gasteiger partial charge in [0.2, 0.25) is 0 Å². The van der Waals surface area contributed by atoms with Crippen LogP contribution in [0.4, 0.5) is 0 Å². The van der Waals surface area contributed by atoms with Crippen LogP contribution in [0.3, 0.4) is 0 Å². The summed E-state index contributed by atoms with van der Waals surface area (Å²) in [6.45, 7) is 0.793. The molecule has 1 aliphatic rings. The van der Waals surface area contributed by atoms with E-state index in [0.717, 1.165) is 37.8 Å². The zero-order chi connectivity index (χ0) is 15.7. The quantitative estimate of drug-likeness (QED) is 0.801. The molecule has 3 aromatic rings. The summed E-state index contributed by atoms with van der Waals surface area (Å²) in [7, 11) is 0. The predicted octanol–water partition coefficient (Wildman–Crippen LogP) is 2.71. The Labute approximate surface area is 134 Å². The minimum atomic E-state index is -0.414. The first-order valence-corrected chi connectivity index (χ1v) is 7.91. The highest BCUT2D eigenvalue weighted by atomic mass is 16.5. The Balaban J connectivity index is 1.53. The minimum Gasteiger partial charge on any atom is -0.334 e. The topological polar surface area (TPSA) is 82.8 Å². The van der Waals surface area contributed by atoms with Gasteiger partial charge in [0.25, 0.3) is 5.89 Å². The summed E-state index contributed by atoms with van der Waals surface area (Å²) in [6, 6.07) is 8.13. The Morgan fingerprint density at radius 3 is 2.65 bits per heavy atom. The Morgan fingerprint density at radius 2 is 1.96 bits per heavy atom. The van der Waals surface area contributed by atoms with Crippen LogP contribution in [0.5, 0.6) is 0 Å². The van der Waals surface area contributed by atoms with Crippen molar-refractivity contribution in [3.63, 3.8) is 0 Å². The molecular weight excluding hydrogens is 290 g/mol. The first-order valence-electron chi connectivity index (χ1n) is 7.91. The molecule has 4 rings (SSSR count). The molecule has 6 nitrogen and oxygen atoms in total. The summed E-state index contributed by atoms with van der Waals surface area (Å²) in [5, 5.41) is 4.11. The molecule has 0 amide bonds. The fourth-order valence-electron chi connectivity index (χ4n) is 3.12. The summed E-state index contributed by atoms with van der Waals surface area (Å²) in [6.07, 6.45) is 9.64. The van der Waals surface area contributed by atoms with Crippen LogP contribution in [-0.4, -0.2) is 19.7 Å². The van der Waals surface area contributed by atoms with E-state index >= 15 is 0 Å². The standard InChI is InChI=1S/C17H19N5O/c18-17(7-1-2-8-17)16-20-15(23-21-16)14-5-3-13(4-6-14)11-22-10-9-19-12-22/h3-6,9-10,12H,1-2,7-8,11,18H2. The molecule has 0 unspecified atom stereocenters. The zero-order valence-electron chi connectivity index (χ0n) is 12.9. The van der Waals surface area contributed by atoms with Gasteiger partial charge in [0.1, 0.15) is 0 Å². The third-order valence-corrected chi connectivity index (χ3v) is 4.49. The fourth-order valence-corrected chi connectivity index (χ4v) is 3.12. The van der Waals surface area contributed by atoms with Gasteiger partial charge in [0.15, 0.2) is 5.82 Å². The van der Waals surface area contributed by atoms with E-state index < -0.39 is 5.54 Å². The van der Waals surface area contributed by atoms with Crippen LogP contribution in [0.1, 0.15) is 37.1 Å². The normalized spacial score (nSPS) is 16.7. The number of hydrogen-bond donors (Lipinski definition) is 1. The van der Waals surface area contributed by atoms with Crippen LogP contribution in [0.25, 0.3) is 11.5 Å². The van der Waals surface area contributed by atoms with Gasteiger partial charge in [0.05, 0.1) is 11.9 Å². The number of nitrogens with two attached hydrogens (primary N) is 1. The average molecular weight is 309 g/mol. The molecule has 1 aliphatic carbocycles. The second-order valence-electron chi connectivity index (χ2n) is 6.22. The van der Waals surface area contributed by atoms with Crippen molar-refractivity contribution in [2.24, 2.45) is 5.73 Å². The summed E-state index contributed by atoms with van der Waals surface area (Å²) in [5.74, 6) is 1.17. The zero-order valence-corrected chi connectivity index (χ0v) is 12.9. The van der Waals surface area contributed by atoms with Crippen molar-refractivity contribution in [1.82, 2.24) is 19.7 Å². The lowest BCUT2D eigenvalue weighted by atomic mass is 9.99. The molecule has 0 aliphatic heterocycles. The molecular formula is C17H19N5O. The molecule has 0 spiro atoms. The molecule has 2 aromatic heterocycles. The van der Waals surface area contributed by atoms with Gasteiger partial charge < -0.3 is 14.8 Å². The molecule has 0 bridgehead atoms. The Bertz CT molecular complexity index is 770. The first kappa shape index (κ1) is 14.1. The Kier molecular flexibility index (Phi) is 3.46. The lowest BCUT2D eigenvalue weighted by molar-refractivity contribution is 0.372. The van der Waals surface area contributed by atoms with E-state index in [4.69, 9.17) is 10.3 Å². The van der Waals surface area contributed by atoms with E-state index in [1.165, 1.54) is 5.56 Å². The van der Waals surface area contributed by atoms with E-state index in [-0.39, 0.29) is 0 Å². The number of rotatable bonds is 4. The maximum absolute atomic E-state index is 6.38. The smallest absolute Gasteiger partial charge is 0.257 e. The van der Waals surface area contributed by atoms with Gasteiger partial charge in [-0.15, -0.1) is 0 Å². The molecule has 0 radical (unpaired) electrons. The van der Waals surface area contributed by atoms with Gasteiger partial charge in [-0.05, 0) is 30.5 Å². The highest BCUT2D eigenvalue weighted by Gasteiger charge is 2.36. The van der Waals surface area contributed by atoms with Gasteiger partial charge >= 0.3 is 0 Å². The summed E-state index contributed by atoms with van der Waals surface area (Å²) >= 11 is 0. The van der Waals surface area contributed by atoms with E-state index in [9.17, 15) is 0 Å². The van der Waals surface area contributed by atoms with Crippen LogP contribution < -0.4 is 5.73 Å². The van der Waals surface area contributed by atoms with Crippen LogP contribution >= 0.6 is 0 Å². The van der Waals surface area contributed by atoms with Crippen LogP contribution in [0.2, 0.25) is 0 Å². The number of aromatic nitrogens is 4.